The third kappa shape index (κ3) is 3.47. The summed E-state index contributed by atoms with van der Waals surface area (Å²) >= 11 is 0. The lowest BCUT2D eigenvalue weighted by molar-refractivity contribution is -0.129. The van der Waals surface area contributed by atoms with Crippen molar-refractivity contribution in [2.24, 2.45) is 0 Å². The SMILES string of the molecule is Cc1ccc(NCCC(=O)N2CCCC2)c(C#N)c1. The lowest BCUT2D eigenvalue weighted by Gasteiger charge is -2.15. The van der Waals surface area contributed by atoms with Crippen LogP contribution in [0.15, 0.2) is 18.2 Å². The van der Waals surface area contributed by atoms with E-state index < -0.39 is 0 Å². The van der Waals surface area contributed by atoms with Gasteiger partial charge in [0.15, 0.2) is 0 Å². The Kier molecular flexibility index (Phi) is 4.40. The number of rotatable bonds is 4. The van der Waals surface area contributed by atoms with Gasteiger partial charge < -0.3 is 10.2 Å². The molecule has 4 heteroatoms. The second-order valence-electron chi connectivity index (χ2n) is 4.93. The summed E-state index contributed by atoms with van der Waals surface area (Å²) in [7, 11) is 0. The molecule has 0 aliphatic carbocycles. The summed E-state index contributed by atoms with van der Waals surface area (Å²) in [6, 6.07) is 7.88. The van der Waals surface area contributed by atoms with E-state index in [2.05, 4.69) is 11.4 Å². The fourth-order valence-corrected chi connectivity index (χ4v) is 2.33. The van der Waals surface area contributed by atoms with Crippen molar-refractivity contribution in [3.8, 4) is 6.07 Å². The standard InChI is InChI=1S/C15H19N3O/c1-12-4-5-14(13(10-12)11-16)17-7-6-15(19)18-8-2-3-9-18/h4-5,10,17H,2-3,6-9H2,1H3. The Labute approximate surface area is 114 Å². The topological polar surface area (TPSA) is 56.1 Å². The van der Waals surface area contributed by atoms with Gasteiger partial charge in [-0.1, -0.05) is 6.07 Å². The van der Waals surface area contributed by atoms with Crippen LogP contribution in [0, 0.1) is 18.3 Å². The van der Waals surface area contributed by atoms with Crippen molar-refractivity contribution >= 4 is 11.6 Å². The number of benzene rings is 1. The van der Waals surface area contributed by atoms with Crippen LogP contribution in [-0.4, -0.2) is 30.4 Å². The third-order valence-electron chi connectivity index (χ3n) is 3.41. The summed E-state index contributed by atoms with van der Waals surface area (Å²) in [5, 5.41) is 12.2. The Bertz CT molecular complexity index is 499. The van der Waals surface area contributed by atoms with Crippen LogP contribution in [0.25, 0.3) is 0 Å². The molecule has 1 saturated heterocycles. The molecule has 1 heterocycles. The number of likely N-dealkylation sites (tertiary alicyclic amines) is 1. The number of nitriles is 1. The minimum absolute atomic E-state index is 0.204. The van der Waals surface area contributed by atoms with Gasteiger partial charge in [-0.05, 0) is 37.5 Å². The molecule has 1 aromatic rings. The van der Waals surface area contributed by atoms with Crippen molar-refractivity contribution < 1.29 is 4.79 Å². The van der Waals surface area contributed by atoms with Gasteiger partial charge >= 0.3 is 0 Å². The number of nitrogens with zero attached hydrogens (tertiary/aromatic N) is 2. The van der Waals surface area contributed by atoms with Gasteiger partial charge in [0.1, 0.15) is 6.07 Å². The van der Waals surface area contributed by atoms with Crippen molar-refractivity contribution in [2.45, 2.75) is 26.2 Å². The molecular weight excluding hydrogens is 238 g/mol. The van der Waals surface area contributed by atoms with Crippen molar-refractivity contribution in [1.29, 1.82) is 5.26 Å². The number of anilines is 1. The fourth-order valence-electron chi connectivity index (χ4n) is 2.33. The van der Waals surface area contributed by atoms with Crippen molar-refractivity contribution in [3.05, 3.63) is 29.3 Å². The highest BCUT2D eigenvalue weighted by molar-refractivity contribution is 5.77. The summed E-state index contributed by atoms with van der Waals surface area (Å²) in [6.07, 6.45) is 2.73. The summed E-state index contributed by atoms with van der Waals surface area (Å²) in [4.78, 5) is 13.8. The summed E-state index contributed by atoms with van der Waals surface area (Å²) < 4.78 is 0. The van der Waals surface area contributed by atoms with Gasteiger partial charge in [-0.3, -0.25) is 4.79 Å². The zero-order valence-electron chi connectivity index (χ0n) is 11.3. The normalized spacial score (nSPS) is 14.2. The molecule has 0 unspecified atom stereocenters. The Morgan fingerprint density at radius 3 is 2.84 bits per heavy atom. The first-order valence-corrected chi connectivity index (χ1v) is 6.73. The maximum absolute atomic E-state index is 11.9. The first-order valence-electron chi connectivity index (χ1n) is 6.73. The van der Waals surface area contributed by atoms with Crippen LogP contribution in [0.3, 0.4) is 0 Å². The van der Waals surface area contributed by atoms with Crippen LogP contribution in [0.5, 0.6) is 0 Å². The van der Waals surface area contributed by atoms with E-state index in [0.29, 0.717) is 18.5 Å². The molecule has 1 aliphatic rings. The predicted octanol–water partition coefficient (Wildman–Crippen LogP) is 2.29. The molecule has 0 spiro atoms. The average Bonchev–Trinajstić information content (AvgIpc) is 2.94. The Morgan fingerprint density at radius 2 is 2.16 bits per heavy atom. The van der Waals surface area contributed by atoms with Gasteiger partial charge in [-0.25, -0.2) is 0 Å². The van der Waals surface area contributed by atoms with Gasteiger partial charge in [0.25, 0.3) is 0 Å². The molecule has 0 aromatic heterocycles. The molecule has 1 N–H and O–H groups in total. The molecule has 0 radical (unpaired) electrons. The molecule has 19 heavy (non-hydrogen) atoms. The molecule has 1 aliphatic heterocycles. The number of carbonyl (C=O) groups is 1. The monoisotopic (exact) mass is 257 g/mol. The summed E-state index contributed by atoms with van der Waals surface area (Å²) in [6.45, 7) is 4.33. The first kappa shape index (κ1) is 13.4. The number of nitrogens with one attached hydrogen (secondary N) is 1. The average molecular weight is 257 g/mol. The van der Waals surface area contributed by atoms with Crippen molar-refractivity contribution in [1.82, 2.24) is 4.90 Å². The number of hydrogen-bond acceptors (Lipinski definition) is 3. The zero-order valence-corrected chi connectivity index (χ0v) is 11.3. The Morgan fingerprint density at radius 1 is 1.42 bits per heavy atom. The number of aryl methyl sites for hydroxylation is 1. The Balaban J connectivity index is 1.85. The molecule has 1 fully saturated rings. The van der Waals surface area contributed by atoms with Crippen LogP contribution in [-0.2, 0) is 4.79 Å². The number of carbonyl (C=O) groups excluding carboxylic acids is 1. The van der Waals surface area contributed by atoms with E-state index >= 15 is 0 Å². The lowest BCUT2D eigenvalue weighted by Crippen LogP contribution is -2.29. The van der Waals surface area contributed by atoms with E-state index in [4.69, 9.17) is 5.26 Å². The smallest absolute Gasteiger partial charge is 0.224 e. The maximum Gasteiger partial charge on any atom is 0.224 e. The Hall–Kier alpha value is -2.02. The summed E-state index contributed by atoms with van der Waals surface area (Å²) in [5.41, 5.74) is 2.51. The zero-order chi connectivity index (χ0) is 13.7. The highest BCUT2D eigenvalue weighted by atomic mass is 16.2. The largest absolute Gasteiger partial charge is 0.383 e. The van der Waals surface area contributed by atoms with E-state index in [1.807, 2.05) is 30.0 Å². The summed E-state index contributed by atoms with van der Waals surface area (Å²) in [5.74, 6) is 0.204. The van der Waals surface area contributed by atoms with Gasteiger partial charge in [0, 0.05) is 26.1 Å². The highest BCUT2D eigenvalue weighted by Crippen LogP contribution is 2.16. The lowest BCUT2D eigenvalue weighted by atomic mass is 10.1. The molecule has 4 nitrogen and oxygen atoms in total. The van der Waals surface area contributed by atoms with Crippen LogP contribution >= 0.6 is 0 Å². The van der Waals surface area contributed by atoms with Crippen LogP contribution < -0.4 is 5.32 Å². The van der Waals surface area contributed by atoms with Crippen molar-refractivity contribution in [2.75, 3.05) is 25.0 Å². The minimum atomic E-state index is 0.204. The van der Waals surface area contributed by atoms with Crippen LogP contribution in [0.2, 0.25) is 0 Å². The van der Waals surface area contributed by atoms with Gasteiger partial charge in [-0.2, -0.15) is 5.26 Å². The molecular formula is C15H19N3O. The second-order valence-corrected chi connectivity index (χ2v) is 4.93. The fraction of sp³-hybridized carbons (Fsp3) is 0.467. The maximum atomic E-state index is 11.9. The van der Waals surface area contributed by atoms with Crippen LogP contribution in [0.1, 0.15) is 30.4 Å². The third-order valence-corrected chi connectivity index (χ3v) is 3.41. The predicted molar refractivity (Wildman–Crippen MR) is 74.8 cm³/mol. The molecule has 100 valence electrons. The van der Waals surface area contributed by atoms with Crippen molar-refractivity contribution in [3.63, 3.8) is 0 Å². The molecule has 0 bridgehead atoms. The van der Waals surface area contributed by atoms with E-state index in [0.717, 1.165) is 37.2 Å². The first-order chi connectivity index (χ1) is 9.20. The van der Waals surface area contributed by atoms with Gasteiger partial charge in [0.05, 0.1) is 11.3 Å². The number of hydrogen-bond donors (Lipinski definition) is 1. The molecule has 1 amide bonds. The molecule has 2 rings (SSSR count). The minimum Gasteiger partial charge on any atom is -0.383 e. The molecule has 1 aromatic carbocycles. The molecule has 0 atom stereocenters. The number of amides is 1. The van der Waals surface area contributed by atoms with Crippen LogP contribution in [0.4, 0.5) is 5.69 Å². The van der Waals surface area contributed by atoms with Gasteiger partial charge in [-0.15, -0.1) is 0 Å². The van der Waals surface area contributed by atoms with E-state index in [9.17, 15) is 4.79 Å². The van der Waals surface area contributed by atoms with E-state index in [1.54, 1.807) is 0 Å². The molecule has 0 saturated carbocycles. The van der Waals surface area contributed by atoms with E-state index in [-0.39, 0.29) is 5.91 Å². The second kappa shape index (κ2) is 6.24. The highest BCUT2D eigenvalue weighted by Gasteiger charge is 2.17. The van der Waals surface area contributed by atoms with Gasteiger partial charge in [0.2, 0.25) is 5.91 Å². The van der Waals surface area contributed by atoms with E-state index in [1.165, 1.54) is 0 Å². The quantitative estimate of drug-likeness (QED) is 0.900.